The Balaban J connectivity index is 1.22. The second-order valence-corrected chi connectivity index (χ2v) is 13.0. The maximum absolute atomic E-state index is 14.0. The monoisotopic (exact) mass is 716 g/mol. The summed E-state index contributed by atoms with van der Waals surface area (Å²) >= 11 is 0. The van der Waals surface area contributed by atoms with Gasteiger partial charge in [0.1, 0.15) is 17.5 Å². The van der Waals surface area contributed by atoms with Gasteiger partial charge in [-0.05, 0) is 58.1 Å². The lowest BCUT2D eigenvalue weighted by Crippen LogP contribution is -2.52. The van der Waals surface area contributed by atoms with Crippen molar-refractivity contribution < 1.29 is 23.9 Å². The smallest absolute Gasteiger partial charge is 0.243 e. The standard InChI is InChI=1S/C40H44N8O5/c1-52-35-13-5-8-29(18-35)24-46(25-30-9-6-14-36(19-30)53-2)16-17-47-28-38(49)43-37(21-34-27-48(45-44-34)26-31-10-7-15-41-22-31)40(51)42-23-33-12-4-3-11-32(33)20-39(47)50/h3-15,18-19,22,27,37H,16-17,20-21,23-26,28H2,1-2H3,(H,42,51)(H,43,49)/t37-/m1/s1. The fraction of sp³-hybridized carbons (Fsp3) is 0.300. The molecule has 0 spiro atoms. The van der Waals surface area contributed by atoms with Gasteiger partial charge in [-0.2, -0.15) is 0 Å². The van der Waals surface area contributed by atoms with Crippen LogP contribution in [0.3, 0.4) is 0 Å². The van der Waals surface area contributed by atoms with Gasteiger partial charge in [-0.1, -0.05) is 59.8 Å². The lowest BCUT2D eigenvalue weighted by molar-refractivity contribution is -0.137. The summed E-state index contributed by atoms with van der Waals surface area (Å²) in [5.41, 5.74) is 5.22. The maximum Gasteiger partial charge on any atom is 0.243 e. The normalized spacial score (nSPS) is 15.2. The van der Waals surface area contributed by atoms with E-state index in [1.54, 1.807) is 42.4 Å². The van der Waals surface area contributed by atoms with E-state index in [1.807, 2.05) is 84.9 Å². The third-order valence-electron chi connectivity index (χ3n) is 9.09. The van der Waals surface area contributed by atoms with Gasteiger partial charge in [0.2, 0.25) is 17.7 Å². The van der Waals surface area contributed by atoms with Gasteiger partial charge in [-0.25, -0.2) is 4.68 Å². The van der Waals surface area contributed by atoms with Crippen molar-refractivity contribution in [3.05, 3.63) is 137 Å². The van der Waals surface area contributed by atoms with Gasteiger partial charge in [0.25, 0.3) is 0 Å². The van der Waals surface area contributed by atoms with Gasteiger partial charge < -0.3 is 25.0 Å². The minimum absolute atomic E-state index is 0.0918. The Labute approximate surface area is 308 Å². The molecule has 0 unspecified atom stereocenters. The fourth-order valence-corrected chi connectivity index (χ4v) is 6.33. The molecule has 1 aliphatic heterocycles. The predicted octanol–water partition coefficient (Wildman–Crippen LogP) is 3.17. The number of methoxy groups -OCH3 is 2. The number of carbonyl (C=O) groups excluding carboxylic acids is 3. The molecule has 274 valence electrons. The van der Waals surface area contributed by atoms with Crippen LogP contribution < -0.4 is 20.1 Å². The molecule has 0 fully saturated rings. The summed E-state index contributed by atoms with van der Waals surface area (Å²) in [7, 11) is 3.28. The van der Waals surface area contributed by atoms with Crippen LogP contribution in [-0.2, 0) is 53.4 Å². The van der Waals surface area contributed by atoms with Gasteiger partial charge in [0, 0.05) is 57.7 Å². The first-order valence-electron chi connectivity index (χ1n) is 17.5. The van der Waals surface area contributed by atoms with Crippen molar-refractivity contribution in [1.29, 1.82) is 0 Å². The van der Waals surface area contributed by atoms with Crippen LogP contribution in [0.5, 0.6) is 11.5 Å². The number of rotatable bonds is 13. The third-order valence-corrected chi connectivity index (χ3v) is 9.09. The van der Waals surface area contributed by atoms with E-state index in [2.05, 4.69) is 30.8 Å². The Hall–Kier alpha value is -6.08. The van der Waals surface area contributed by atoms with Gasteiger partial charge in [0.15, 0.2) is 0 Å². The van der Waals surface area contributed by atoms with Gasteiger partial charge in [0.05, 0.1) is 39.4 Å². The van der Waals surface area contributed by atoms with Crippen molar-refractivity contribution >= 4 is 17.7 Å². The molecule has 5 aromatic rings. The number of hydrogen-bond acceptors (Lipinski definition) is 9. The lowest BCUT2D eigenvalue weighted by atomic mass is 10.0. The molecule has 2 aromatic heterocycles. The molecule has 3 heterocycles. The average Bonchev–Trinajstić information content (AvgIpc) is 3.62. The second kappa shape index (κ2) is 17.9. The number of carbonyl (C=O) groups is 3. The molecule has 1 atom stereocenters. The van der Waals surface area contributed by atoms with E-state index in [1.165, 1.54) is 0 Å². The Morgan fingerprint density at radius 3 is 2.23 bits per heavy atom. The molecule has 13 heteroatoms. The number of ether oxygens (including phenoxy) is 2. The van der Waals surface area contributed by atoms with E-state index in [4.69, 9.17) is 9.47 Å². The predicted molar refractivity (Wildman–Crippen MR) is 198 cm³/mol. The SMILES string of the molecule is COc1cccc(CN(CCN2CC(=O)N[C@H](Cc3cn(Cc4cccnc4)nn3)C(=O)NCc3ccccc3CC2=O)Cc2cccc(OC)c2)c1. The molecular formula is C40H44N8O5. The third kappa shape index (κ3) is 10.5. The zero-order valence-electron chi connectivity index (χ0n) is 30.0. The molecule has 2 N–H and O–H groups in total. The lowest BCUT2D eigenvalue weighted by Gasteiger charge is -2.29. The molecule has 0 saturated heterocycles. The second-order valence-electron chi connectivity index (χ2n) is 13.0. The molecule has 3 aromatic carbocycles. The highest BCUT2D eigenvalue weighted by molar-refractivity contribution is 5.91. The molecule has 0 bridgehead atoms. The van der Waals surface area contributed by atoms with Crippen LogP contribution in [0.4, 0.5) is 0 Å². The Morgan fingerprint density at radius 2 is 1.55 bits per heavy atom. The van der Waals surface area contributed by atoms with Crippen molar-refractivity contribution in [1.82, 2.24) is 40.4 Å². The van der Waals surface area contributed by atoms with Crippen molar-refractivity contribution in [2.45, 2.75) is 45.1 Å². The van der Waals surface area contributed by atoms with Crippen LogP contribution >= 0.6 is 0 Å². The summed E-state index contributed by atoms with van der Waals surface area (Å²) < 4.78 is 12.6. The highest BCUT2D eigenvalue weighted by atomic mass is 16.5. The topological polar surface area (TPSA) is 144 Å². The van der Waals surface area contributed by atoms with Gasteiger partial charge >= 0.3 is 0 Å². The zero-order chi connectivity index (χ0) is 37.0. The zero-order valence-corrected chi connectivity index (χ0v) is 30.0. The van der Waals surface area contributed by atoms with Crippen molar-refractivity contribution in [3.63, 3.8) is 0 Å². The number of fused-ring (bicyclic) bond motifs is 1. The van der Waals surface area contributed by atoms with Crippen LogP contribution in [0, 0.1) is 0 Å². The molecule has 53 heavy (non-hydrogen) atoms. The molecule has 0 aliphatic carbocycles. The highest BCUT2D eigenvalue weighted by Gasteiger charge is 2.27. The number of hydrogen-bond donors (Lipinski definition) is 2. The number of nitrogens with one attached hydrogen (secondary N) is 2. The van der Waals surface area contributed by atoms with Gasteiger partial charge in [-0.15, -0.1) is 5.10 Å². The summed E-state index contributed by atoms with van der Waals surface area (Å²) in [6, 6.07) is 26.2. The summed E-state index contributed by atoms with van der Waals surface area (Å²) in [5, 5.41) is 14.3. The Morgan fingerprint density at radius 1 is 0.849 bits per heavy atom. The molecular weight excluding hydrogens is 672 g/mol. The van der Waals surface area contributed by atoms with Crippen LogP contribution in [0.1, 0.15) is 33.5 Å². The largest absolute Gasteiger partial charge is 0.497 e. The van der Waals surface area contributed by atoms with E-state index in [9.17, 15) is 14.4 Å². The number of amides is 3. The van der Waals surface area contributed by atoms with Crippen LogP contribution in [0.15, 0.2) is 104 Å². The summed E-state index contributed by atoms with van der Waals surface area (Å²) in [5.74, 6) is 0.537. The first-order valence-corrected chi connectivity index (χ1v) is 17.5. The van der Waals surface area contributed by atoms with E-state index in [0.717, 1.165) is 39.3 Å². The number of aromatic nitrogens is 4. The van der Waals surface area contributed by atoms with Crippen LogP contribution in [0.2, 0.25) is 0 Å². The van der Waals surface area contributed by atoms with E-state index >= 15 is 0 Å². The Kier molecular flexibility index (Phi) is 12.4. The van der Waals surface area contributed by atoms with Crippen LogP contribution in [0.25, 0.3) is 0 Å². The Bertz CT molecular complexity index is 1950. The van der Waals surface area contributed by atoms with E-state index in [0.29, 0.717) is 31.9 Å². The summed E-state index contributed by atoms with van der Waals surface area (Å²) in [6.45, 7) is 2.36. The first-order chi connectivity index (χ1) is 25.8. The van der Waals surface area contributed by atoms with E-state index in [-0.39, 0.29) is 44.3 Å². The number of benzene rings is 3. The molecule has 3 amide bonds. The number of pyridine rings is 1. The van der Waals surface area contributed by atoms with Crippen LogP contribution in [-0.4, -0.2) is 87.4 Å². The van der Waals surface area contributed by atoms with Crippen molar-refractivity contribution in [3.8, 4) is 11.5 Å². The minimum Gasteiger partial charge on any atom is -0.497 e. The van der Waals surface area contributed by atoms with Crippen molar-refractivity contribution in [2.75, 3.05) is 33.9 Å². The fourth-order valence-electron chi connectivity index (χ4n) is 6.33. The quantitative estimate of drug-likeness (QED) is 0.188. The molecule has 6 rings (SSSR count). The average molecular weight is 717 g/mol. The molecule has 13 nitrogen and oxygen atoms in total. The minimum atomic E-state index is -0.938. The molecule has 0 saturated carbocycles. The van der Waals surface area contributed by atoms with Gasteiger partial charge in [-0.3, -0.25) is 24.3 Å². The maximum atomic E-state index is 14.0. The molecule has 1 aliphatic rings. The van der Waals surface area contributed by atoms with E-state index < -0.39 is 11.9 Å². The van der Waals surface area contributed by atoms with Crippen molar-refractivity contribution in [2.24, 2.45) is 0 Å². The number of nitrogens with zero attached hydrogens (tertiary/aromatic N) is 6. The molecule has 0 radical (unpaired) electrons. The summed E-state index contributed by atoms with van der Waals surface area (Å²) in [6.07, 6.45) is 5.43. The first kappa shape index (κ1) is 36.7. The summed E-state index contributed by atoms with van der Waals surface area (Å²) in [4.78, 5) is 49.2. The highest BCUT2D eigenvalue weighted by Crippen LogP contribution is 2.19.